The van der Waals surface area contributed by atoms with Gasteiger partial charge in [0.2, 0.25) is 5.95 Å². The van der Waals surface area contributed by atoms with Gasteiger partial charge in [0.1, 0.15) is 5.03 Å². The van der Waals surface area contributed by atoms with Gasteiger partial charge in [-0.15, -0.1) is 11.8 Å². The summed E-state index contributed by atoms with van der Waals surface area (Å²) in [5.74, 6) is 1.49. The normalized spacial score (nSPS) is 10.4. The van der Waals surface area contributed by atoms with E-state index in [4.69, 9.17) is 5.73 Å². The predicted molar refractivity (Wildman–Crippen MR) is 61.4 cm³/mol. The molecule has 14 heavy (non-hydrogen) atoms. The summed E-state index contributed by atoms with van der Waals surface area (Å²) < 4.78 is 0. The van der Waals surface area contributed by atoms with Gasteiger partial charge in [0.05, 0.1) is 0 Å². The molecule has 0 aromatic carbocycles. The second kappa shape index (κ2) is 5.86. The Kier molecular flexibility index (Phi) is 4.73. The predicted octanol–water partition coefficient (Wildman–Crippen LogP) is 2.65. The van der Waals surface area contributed by atoms with E-state index in [0.29, 0.717) is 5.95 Å². The van der Waals surface area contributed by atoms with Crippen LogP contribution in [0.5, 0.6) is 0 Å². The highest BCUT2D eigenvalue weighted by atomic mass is 32.2. The Bertz CT molecular complexity index is 289. The van der Waals surface area contributed by atoms with Crippen LogP contribution in [0.2, 0.25) is 0 Å². The number of thioether (sulfide) groups is 1. The first-order chi connectivity index (χ1) is 6.74. The minimum Gasteiger partial charge on any atom is -0.368 e. The van der Waals surface area contributed by atoms with Crippen LogP contribution in [0.25, 0.3) is 0 Å². The maximum absolute atomic E-state index is 5.52. The molecule has 78 valence electrons. The van der Waals surface area contributed by atoms with Crippen molar-refractivity contribution in [3.05, 3.63) is 11.8 Å². The van der Waals surface area contributed by atoms with E-state index < -0.39 is 0 Å². The van der Waals surface area contributed by atoms with Crippen LogP contribution in [0.1, 0.15) is 31.7 Å². The Hall–Kier alpha value is -0.770. The molecule has 0 aliphatic heterocycles. The summed E-state index contributed by atoms with van der Waals surface area (Å²) in [4.78, 5) is 8.14. The van der Waals surface area contributed by atoms with Crippen molar-refractivity contribution in [2.24, 2.45) is 0 Å². The molecule has 0 radical (unpaired) electrons. The van der Waals surface area contributed by atoms with Gasteiger partial charge in [-0.2, -0.15) is 0 Å². The third kappa shape index (κ3) is 3.54. The molecule has 2 N–H and O–H groups in total. The number of nitrogens with two attached hydrogens (primary N) is 1. The fraction of sp³-hybridized carbons (Fsp3) is 0.600. The molecular formula is C10H17N3S. The van der Waals surface area contributed by atoms with Crippen molar-refractivity contribution >= 4 is 17.7 Å². The van der Waals surface area contributed by atoms with Gasteiger partial charge < -0.3 is 5.73 Å². The summed E-state index contributed by atoms with van der Waals surface area (Å²) in [6.45, 7) is 4.22. The summed E-state index contributed by atoms with van der Waals surface area (Å²) in [6.07, 6.45) is 5.56. The molecule has 0 amide bonds. The Morgan fingerprint density at radius 3 is 2.93 bits per heavy atom. The first-order valence-corrected chi connectivity index (χ1v) is 5.94. The zero-order valence-electron chi connectivity index (χ0n) is 8.79. The number of hydrogen-bond donors (Lipinski definition) is 1. The molecule has 0 atom stereocenters. The number of hydrogen-bond acceptors (Lipinski definition) is 4. The number of aryl methyl sites for hydroxylation is 1. The number of anilines is 1. The van der Waals surface area contributed by atoms with Crippen molar-refractivity contribution < 1.29 is 0 Å². The van der Waals surface area contributed by atoms with Crippen LogP contribution in [-0.4, -0.2) is 15.7 Å². The molecule has 0 aliphatic carbocycles. The number of unbranched alkanes of at least 4 members (excludes halogenated alkanes) is 2. The fourth-order valence-corrected chi connectivity index (χ4v) is 2.09. The first-order valence-electron chi connectivity index (χ1n) is 4.96. The third-order valence-corrected chi connectivity index (χ3v) is 3.11. The van der Waals surface area contributed by atoms with Crippen LogP contribution >= 0.6 is 11.8 Å². The van der Waals surface area contributed by atoms with E-state index in [1.807, 2.05) is 6.92 Å². The average Bonchev–Trinajstić information content (AvgIpc) is 2.18. The smallest absolute Gasteiger partial charge is 0.221 e. The lowest BCUT2D eigenvalue weighted by molar-refractivity contribution is 0.778. The molecule has 0 bridgehead atoms. The van der Waals surface area contributed by atoms with Crippen molar-refractivity contribution in [2.75, 3.05) is 11.5 Å². The molecule has 1 aromatic heterocycles. The topological polar surface area (TPSA) is 51.8 Å². The molecule has 0 saturated heterocycles. The molecule has 0 spiro atoms. The van der Waals surface area contributed by atoms with E-state index in [0.717, 1.165) is 16.3 Å². The minimum absolute atomic E-state index is 0.369. The Morgan fingerprint density at radius 1 is 1.43 bits per heavy atom. The fourth-order valence-electron chi connectivity index (χ4n) is 1.11. The molecule has 0 fully saturated rings. The van der Waals surface area contributed by atoms with Crippen molar-refractivity contribution in [3.8, 4) is 0 Å². The van der Waals surface area contributed by atoms with Crippen LogP contribution in [0.15, 0.2) is 11.2 Å². The van der Waals surface area contributed by atoms with Crippen LogP contribution in [0, 0.1) is 6.92 Å². The second-order valence-electron chi connectivity index (χ2n) is 3.27. The summed E-state index contributed by atoms with van der Waals surface area (Å²) in [5, 5.41) is 1.02. The average molecular weight is 211 g/mol. The second-order valence-corrected chi connectivity index (χ2v) is 4.36. The monoisotopic (exact) mass is 211 g/mol. The van der Waals surface area contributed by atoms with E-state index in [1.54, 1.807) is 18.0 Å². The quantitative estimate of drug-likeness (QED) is 0.462. The summed E-state index contributed by atoms with van der Waals surface area (Å²) in [7, 11) is 0. The lowest BCUT2D eigenvalue weighted by Gasteiger charge is -2.03. The van der Waals surface area contributed by atoms with Gasteiger partial charge in [-0.3, -0.25) is 0 Å². The summed E-state index contributed by atoms with van der Waals surface area (Å²) in [5.41, 5.74) is 6.63. The van der Waals surface area contributed by atoms with Gasteiger partial charge in [0.15, 0.2) is 0 Å². The molecule has 1 rings (SSSR count). The molecule has 1 heterocycles. The van der Waals surface area contributed by atoms with Crippen LogP contribution < -0.4 is 5.73 Å². The number of aromatic nitrogens is 2. The standard InChI is InChI=1S/C10H17N3S/c1-3-4-5-6-14-9-8(2)7-12-10(11)13-9/h7H,3-6H2,1-2H3,(H2,11,12,13). The highest BCUT2D eigenvalue weighted by molar-refractivity contribution is 7.99. The van der Waals surface area contributed by atoms with Gasteiger partial charge in [-0.1, -0.05) is 19.8 Å². The lowest BCUT2D eigenvalue weighted by Crippen LogP contribution is -1.97. The maximum atomic E-state index is 5.52. The number of nitrogens with zero attached hydrogens (tertiary/aromatic N) is 2. The van der Waals surface area contributed by atoms with E-state index in [2.05, 4.69) is 16.9 Å². The number of rotatable bonds is 5. The van der Waals surface area contributed by atoms with Gasteiger partial charge in [-0.05, 0) is 24.7 Å². The maximum Gasteiger partial charge on any atom is 0.221 e. The molecular weight excluding hydrogens is 194 g/mol. The Balaban J connectivity index is 2.45. The van der Waals surface area contributed by atoms with Crippen molar-refractivity contribution in [2.45, 2.75) is 38.1 Å². The lowest BCUT2D eigenvalue weighted by atomic mass is 10.3. The van der Waals surface area contributed by atoms with E-state index in [1.165, 1.54) is 19.3 Å². The van der Waals surface area contributed by atoms with Gasteiger partial charge in [0, 0.05) is 6.20 Å². The Labute approximate surface area is 89.5 Å². The van der Waals surface area contributed by atoms with E-state index >= 15 is 0 Å². The highest BCUT2D eigenvalue weighted by Crippen LogP contribution is 2.21. The minimum atomic E-state index is 0.369. The van der Waals surface area contributed by atoms with Crippen molar-refractivity contribution in [1.82, 2.24) is 9.97 Å². The molecule has 3 nitrogen and oxygen atoms in total. The molecule has 0 saturated carbocycles. The Morgan fingerprint density at radius 2 is 2.21 bits per heavy atom. The third-order valence-electron chi connectivity index (χ3n) is 1.93. The zero-order chi connectivity index (χ0) is 10.4. The van der Waals surface area contributed by atoms with Gasteiger partial charge in [0.25, 0.3) is 0 Å². The number of nitrogen functional groups attached to an aromatic ring is 1. The summed E-state index contributed by atoms with van der Waals surface area (Å²) in [6, 6.07) is 0. The van der Waals surface area contributed by atoms with Gasteiger partial charge >= 0.3 is 0 Å². The van der Waals surface area contributed by atoms with Crippen LogP contribution in [0.4, 0.5) is 5.95 Å². The van der Waals surface area contributed by atoms with E-state index in [-0.39, 0.29) is 0 Å². The van der Waals surface area contributed by atoms with Crippen molar-refractivity contribution in [3.63, 3.8) is 0 Å². The molecule has 4 heteroatoms. The zero-order valence-corrected chi connectivity index (χ0v) is 9.60. The molecule has 1 aromatic rings. The largest absolute Gasteiger partial charge is 0.368 e. The highest BCUT2D eigenvalue weighted by Gasteiger charge is 2.01. The van der Waals surface area contributed by atoms with Crippen LogP contribution in [-0.2, 0) is 0 Å². The summed E-state index contributed by atoms with van der Waals surface area (Å²) >= 11 is 1.77. The van der Waals surface area contributed by atoms with Gasteiger partial charge in [-0.25, -0.2) is 9.97 Å². The van der Waals surface area contributed by atoms with E-state index in [9.17, 15) is 0 Å². The molecule has 0 aliphatic rings. The van der Waals surface area contributed by atoms with Crippen LogP contribution in [0.3, 0.4) is 0 Å². The first kappa shape index (κ1) is 11.3. The van der Waals surface area contributed by atoms with Crippen molar-refractivity contribution in [1.29, 1.82) is 0 Å². The molecule has 0 unspecified atom stereocenters. The SMILES string of the molecule is CCCCCSc1nc(N)ncc1C.